The van der Waals surface area contributed by atoms with E-state index in [4.69, 9.17) is 5.10 Å². The Morgan fingerprint density at radius 1 is 1.17 bits per heavy atom. The average Bonchev–Trinajstić information content (AvgIpc) is 3.51. The summed E-state index contributed by atoms with van der Waals surface area (Å²) in [6.45, 7) is 2.06. The fourth-order valence-electron chi connectivity index (χ4n) is 2.94. The van der Waals surface area contributed by atoms with E-state index in [1.165, 1.54) is 37.1 Å². The minimum absolute atomic E-state index is 0.680. The first-order chi connectivity index (χ1) is 11.3. The molecule has 2 aliphatic carbocycles. The highest BCUT2D eigenvalue weighted by atomic mass is 32.2. The molecule has 0 bridgehead atoms. The van der Waals surface area contributed by atoms with Gasteiger partial charge in [-0.2, -0.15) is 5.10 Å². The summed E-state index contributed by atoms with van der Waals surface area (Å²) in [5.74, 6) is 2.29. The molecule has 3 heterocycles. The number of pyridine rings is 1. The lowest BCUT2D eigenvalue weighted by molar-refractivity contribution is 0.765. The predicted octanol–water partition coefficient (Wildman–Crippen LogP) is 3.86. The van der Waals surface area contributed by atoms with Crippen molar-refractivity contribution in [2.45, 2.75) is 44.4 Å². The highest BCUT2D eigenvalue weighted by molar-refractivity contribution is 8.03. The fraction of sp³-hybridized carbons (Fsp3) is 0.412. The van der Waals surface area contributed by atoms with Gasteiger partial charge in [0.25, 0.3) is 0 Å². The lowest BCUT2D eigenvalue weighted by Gasteiger charge is -2.17. The van der Waals surface area contributed by atoms with E-state index in [9.17, 15) is 0 Å². The molecule has 2 saturated carbocycles. The molecule has 0 spiro atoms. The molecule has 1 aliphatic heterocycles. The van der Waals surface area contributed by atoms with Crippen LogP contribution in [0, 0.1) is 0 Å². The smallest absolute Gasteiger partial charge is 0.153 e. The van der Waals surface area contributed by atoms with Crippen LogP contribution in [0.25, 0.3) is 5.82 Å². The molecular weight excluding hydrogens is 306 g/mol. The zero-order valence-electron chi connectivity index (χ0n) is 13.1. The number of nitrogens with one attached hydrogen (secondary N) is 1. The molecule has 0 atom stereocenters. The van der Waals surface area contributed by atoms with Gasteiger partial charge in [-0.1, -0.05) is 0 Å². The SMILES string of the molecule is CC1=CSN(c2ccc(-n3nc(C4CC4)cc3C3CC3)nc2)N1. The Morgan fingerprint density at radius 3 is 2.61 bits per heavy atom. The molecule has 6 heteroatoms. The number of hydrogen-bond donors (Lipinski definition) is 1. The van der Waals surface area contributed by atoms with Crippen LogP contribution in [0.4, 0.5) is 5.69 Å². The van der Waals surface area contributed by atoms with E-state index in [0.29, 0.717) is 11.8 Å². The standard InChI is InChI=1S/C17H19N5S/c1-11-10-23-22(19-11)14-6-7-17(18-9-14)21-16(13-4-5-13)8-15(20-21)12-2-3-12/h6-10,12-13,19H,2-5H2,1H3. The molecule has 0 amide bonds. The highest BCUT2D eigenvalue weighted by Gasteiger charge is 2.33. The van der Waals surface area contributed by atoms with E-state index in [2.05, 4.69) is 45.6 Å². The van der Waals surface area contributed by atoms with Gasteiger partial charge in [0.15, 0.2) is 5.82 Å². The molecular formula is C17H19N5S. The van der Waals surface area contributed by atoms with Crippen LogP contribution < -0.4 is 9.84 Å². The van der Waals surface area contributed by atoms with Crippen molar-refractivity contribution in [2.75, 3.05) is 4.41 Å². The van der Waals surface area contributed by atoms with Crippen LogP contribution in [0.2, 0.25) is 0 Å². The van der Waals surface area contributed by atoms with E-state index in [0.717, 1.165) is 17.2 Å². The topological polar surface area (TPSA) is 46.0 Å². The quantitative estimate of drug-likeness (QED) is 0.865. The third-order valence-electron chi connectivity index (χ3n) is 4.54. The molecule has 2 aromatic heterocycles. The van der Waals surface area contributed by atoms with E-state index in [-0.39, 0.29) is 0 Å². The van der Waals surface area contributed by atoms with Gasteiger partial charge in [-0.05, 0) is 50.8 Å². The van der Waals surface area contributed by atoms with Gasteiger partial charge in [0.05, 0.1) is 17.6 Å². The van der Waals surface area contributed by atoms with Crippen molar-refractivity contribution in [3.8, 4) is 5.82 Å². The van der Waals surface area contributed by atoms with Crippen LogP contribution in [0.1, 0.15) is 55.8 Å². The average molecular weight is 325 g/mol. The minimum atomic E-state index is 0.680. The Balaban J connectivity index is 1.45. The van der Waals surface area contributed by atoms with Gasteiger partial charge in [0.2, 0.25) is 0 Å². The van der Waals surface area contributed by atoms with E-state index in [1.807, 2.05) is 10.6 Å². The zero-order chi connectivity index (χ0) is 15.4. The van der Waals surface area contributed by atoms with Crippen molar-refractivity contribution in [1.29, 1.82) is 0 Å². The molecule has 1 N–H and O–H groups in total. The second-order valence-corrected chi connectivity index (χ2v) is 7.45. The Hall–Kier alpha value is -1.95. The third kappa shape index (κ3) is 2.51. The Morgan fingerprint density at radius 2 is 2.00 bits per heavy atom. The van der Waals surface area contributed by atoms with Gasteiger partial charge in [-0.15, -0.1) is 0 Å². The summed E-state index contributed by atoms with van der Waals surface area (Å²) >= 11 is 1.64. The first-order valence-corrected chi connectivity index (χ1v) is 9.08. The molecule has 2 fully saturated rings. The summed E-state index contributed by atoms with van der Waals surface area (Å²) in [6, 6.07) is 6.49. The van der Waals surface area contributed by atoms with Gasteiger partial charge in [0.1, 0.15) is 0 Å². The van der Waals surface area contributed by atoms with Gasteiger partial charge < -0.3 is 0 Å². The maximum atomic E-state index is 4.85. The zero-order valence-corrected chi connectivity index (χ0v) is 13.9. The lowest BCUT2D eigenvalue weighted by Crippen LogP contribution is -2.25. The van der Waals surface area contributed by atoms with Gasteiger partial charge in [-0.25, -0.2) is 14.1 Å². The Bertz CT molecular complexity index is 771. The molecule has 0 saturated heterocycles. The van der Waals surface area contributed by atoms with Crippen LogP contribution in [0.5, 0.6) is 0 Å². The number of rotatable bonds is 4. The van der Waals surface area contributed by atoms with Crippen molar-refractivity contribution < 1.29 is 0 Å². The first-order valence-electron chi connectivity index (χ1n) is 8.24. The van der Waals surface area contributed by atoms with E-state index in [1.54, 1.807) is 11.9 Å². The number of aromatic nitrogens is 3. The second kappa shape index (κ2) is 5.03. The summed E-state index contributed by atoms with van der Waals surface area (Å²) in [4.78, 5) is 4.66. The van der Waals surface area contributed by atoms with Crippen molar-refractivity contribution in [1.82, 2.24) is 20.2 Å². The number of nitrogens with zero attached hydrogens (tertiary/aromatic N) is 4. The van der Waals surface area contributed by atoms with Gasteiger partial charge in [0, 0.05) is 40.6 Å². The van der Waals surface area contributed by atoms with E-state index >= 15 is 0 Å². The molecule has 0 aromatic carbocycles. The molecule has 23 heavy (non-hydrogen) atoms. The Labute approximate surface area is 139 Å². The summed E-state index contributed by atoms with van der Waals surface area (Å²) in [5.41, 5.74) is 8.10. The maximum Gasteiger partial charge on any atom is 0.153 e. The molecule has 5 rings (SSSR count). The largest absolute Gasteiger partial charge is 0.292 e. The molecule has 2 aromatic rings. The Kier molecular flexibility index (Phi) is 2.95. The highest BCUT2D eigenvalue weighted by Crippen LogP contribution is 2.45. The summed E-state index contributed by atoms with van der Waals surface area (Å²) in [5, 5.41) is 6.94. The van der Waals surface area contributed by atoms with E-state index < -0.39 is 0 Å². The summed E-state index contributed by atoms with van der Waals surface area (Å²) < 4.78 is 4.09. The number of hydrogen-bond acceptors (Lipinski definition) is 5. The third-order valence-corrected chi connectivity index (χ3v) is 5.52. The van der Waals surface area contributed by atoms with Crippen LogP contribution >= 0.6 is 11.9 Å². The molecule has 5 nitrogen and oxygen atoms in total. The predicted molar refractivity (Wildman–Crippen MR) is 92.3 cm³/mol. The molecule has 3 aliphatic rings. The second-order valence-electron chi connectivity index (χ2n) is 6.64. The van der Waals surface area contributed by atoms with Crippen LogP contribution in [0.15, 0.2) is 35.5 Å². The molecule has 0 unspecified atom stereocenters. The van der Waals surface area contributed by atoms with Crippen LogP contribution in [0.3, 0.4) is 0 Å². The molecule has 118 valence electrons. The normalized spacial score (nSPS) is 20.6. The van der Waals surface area contributed by atoms with Crippen molar-refractivity contribution >= 4 is 17.6 Å². The lowest BCUT2D eigenvalue weighted by atomic mass is 10.2. The minimum Gasteiger partial charge on any atom is -0.292 e. The monoisotopic (exact) mass is 325 g/mol. The van der Waals surface area contributed by atoms with Crippen LogP contribution in [-0.2, 0) is 0 Å². The molecule has 0 radical (unpaired) electrons. The first kappa shape index (κ1) is 13.5. The number of hydrazine groups is 1. The summed E-state index contributed by atoms with van der Waals surface area (Å²) in [7, 11) is 0. The summed E-state index contributed by atoms with van der Waals surface area (Å²) in [6.07, 6.45) is 7.06. The fourth-order valence-corrected chi connectivity index (χ4v) is 3.68. The van der Waals surface area contributed by atoms with Crippen molar-refractivity contribution in [3.63, 3.8) is 0 Å². The van der Waals surface area contributed by atoms with Crippen molar-refractivity contribution in [3.05, 3.63) is 46.9 Å². The maximum absolute atomic E-state index is 4.85. The van der Waals surface area contributed by atoms with Gasteiger partial charge in [-0.3, -0.25) is 5.43 Å². The van der Waals surface area contributed by atoms with Crippen LogP contribution in [-0.4, -0.2) is 14.8 Å². The van der Waals surface area contributed by atoms with Crippen molar-refractivity contribution in [2.24, 2.45) is 0 Å². The number of anilines is 1. The number of allylic oxidation sites excluding steroid dienone is 1. The van der Waals surface area contributed by atoms with Gasteiger partial charge >= 0.3 is 0 Å².